The lowest BCUT2D eigenvalue weighted by molar-refractivity contribution is -0.155. The summed E-state index contributed by atoms with van der Waals surface area (Å²) in [7, 11) is 5.49. The number of likely N-dealkylation sites (N-methyl/N-ethyl adjacent to an activating group) is 2. The summed E-state index contributed by atoms with van der Waals surface area (Å²) in [5.41, 5.74) is 10.3. The second-order valence-corrected chi connectivity index (χ2v) is 24.0. The number of allylic oxidation sites excluding steroid dienone is 1. The van der Waals surface area contributed by atoms with Gasteiger partial charge in [0.15, 0.2) is 0 Å². The van der Waals surface area contributed by atoms with Gasteiger partial charge in [-0.05, 0) is 88.8 Å². The van der Waals surface area contributed by atoms with Gasteiger partial charge in [-0.15, -0.1) is 11.3 Å². The predicted molar refractivity (Wildman–Crippen MR) is 296 cm³/mol. The van der Waals surface area contributed by atoms with Crippen LogP contribution >= 0.6 is 11.3 Å². The standard InChI is InChI=1S/C57H78FN11O7S/c1-10-68-46-16-15-38-27-40(46)42(51(68)41-28-39(31-59-49(41)37(4)75-9)65-25-23-63(7)24-26-65)30-56(5,6)35-76-54(73)43-13-12-20-69(62-43)53(72)44(29-47-60-45(38)32-77-47)61-52(71)50(36(2)3)64(8)55(74)66-21-17-57(18-22-66)33-67(34-57)48(70)14-11-19-58/h11,14-16,27-28,31-32,36-37,43-44,50,62H,10,12-13,17-26,29-30,33-35H2,1-9H3,(H,61,71)/b14-11+/t37-,43-,44-,50-/m0/s1. The van der Waals surface area contributed by atoms with Gasteiger partial charge in [-0.3, -0.25) is 29.2 Å². The summed E-state index contributed by atoms with van der Waals surface area (Å²) in [5, 5.41) is 8.18. The number of carbonyl (C=O) groups excluding carboxylic acids is 5. The van der Waals surface area contributed by atoms with Gasteiger partial charge in [0.2, 0.25) is 11.8 Å². The highest BCUT2D eigenvalue weighted by molar-refractivity contribution is 7.10. The molecule has 5 aliphatic rings. The highest BCUT2D eigenvalue weighted by Gasteiger charge is 2.48. The molecule has 77 heavy (non-hydrogen) atoms. The third-order valence-corrected chi connectivity index (χ3v) is 17.4. The molecule has 20 heteroatoms. The van der Waals surface area contributed by atoms with E-state index in [2.05, 4.69) is 77.2 Å². The number of halogens is 1. The fourth-order valence-corrected chi connectivity index (χ4v) is 12.9. The van der Waals surface area contributed by atoms with Gasteiger partial charge in [0, 0.05) is 130 Å². The van der Waals surface area contributed by atoms with Gasteiger partial charge in [0.25, 0.3) is 5.91 Å². The third-order valence-electron chi connectivity index (χ3n) is 16.5. The number of thiazole rings is 1. The SMILES string of the molecule is CCn1c(-c2cc(N3CCN(C)CC3)cnc2[C@H](C)OC)c2c3cc(ccc31)-c1csc(n1)C[C@H](NC(=O)[C@H](C(C)C)N(C)C(=O)N1CCC3(CC1)CN(C(=O)/C=C/CF)C3)C(=O)N1CCC[C@H](N1)C(=O)OCC(C)(C)C2. The Hall–Kier alpha value is -5.96. The first-order valence-electron chi connectivity index (χ1n) is 27.5. The largest absolute Gasteiger partial charge is 0.464 e. The van der Waals surface area contributed by atoms with Gasteiger partial charge in [-0.25, -0.2) is 19.6 Å². The maximum absolute atomic E-state index is 14.8. The van der Waals surface area contributed by atoms with Crippen LogP contribution in [0, 0.1) is 16.7 Å². The van der Waals surface area contributed by atoms with E-state index in [1.807, 2.05) is 32.3 Å². The zero-order valence-corrected chi connectivity index (χ0v) is 47.2. The van der Waals surface area contributed by atoms with Crippen molar-refractivity contribution in [3.8, 4) is 22.5 Å². The van der Waals surface area contributed by atoms with Crippen LogP contribution < -0.4 is 15.6 Å². The summed E-state index contributed by atoms with van der Waals surface area (Å²) in [6, 6.07) is 5.60. The maximum atomic E-state index is 14.8. The van der Waals surface area contributed by atoms with Crippen LogP contribution in [0.4, 0.5) is 14.9 Å². The number of cyclic esters (lactones) is 1. The third kappa shape index (κ3) is 11.8. The molecule has 4 fully saturated rings. The lowest BCUT2D eigenvalue weighted by atomic mass is 9.72. The summed E-state index contributed by atoms with van der Waals surface area (Å²) in [6.45, 7) is 18.3. The van der Waals surface area contributed by atoms with Crippen LogP contribution in [0.15, 0.2) is 48.0 Å². The Morgan fingerprint density at radius 3 is 2.47 bits per heavy atom. The first-order chi connectivity index (χ1) is 36.8. The number of likely N-dealkylation sites (tertiary alicyclic amines) is 2. The van der Waals surface area contributed by atoms with Gasteiger partial charge in [0.1, 0.15) is 24.8 Å². The number of ether oxygens (including phenoxy) is 2. The Bertz CT molecular complexity index is 2860. The number of carbonyl (C=O) groups is 5. The van der Waals surface area contributed by atoms with E-state index in [4.69, 9.17) is 19.4 Å². The molecule has 4 aromatic rings. The molecule has 9 rings (SSSR count). The Labute approximate surface area is 456 Å². The number of amides is 5. The van der Waals surface area contributed by atoms with Crippen molar-refractivity contribution in [3.05, 3.63) is 64.3 Å². The number of benzene rings is 1. The number of nitrogens with one attached hydrogen (secondary N) is 2. The monoisotopic (exact) mass is 1080 g/mol. The number of hydrogen-bond donors (Lipinski definition) is 2. The van der Waals surface area contributed by atoms with E-state index in [1.54, 1.807) is 24.0 Å². The molecule has 0 unspecified atom stereocenters. The molecule has 4 saturated heterocycles. The molecule has 6 bridgehead atoms. The lowest BCUT2D eigenvalue weighted by Gasteiger charge is -2.54. The number of pyridine rings is 1. The van der Waals surface area contributed by atoms with Crippen molar-refractivity contribution >= 4 is 57.6 Å². The lowest BCUT2D eigenvalue weighted by Crippen LogP contribution is -2.64. The van der Waals surface area contributed by atoms with E-state index in [9.17, 15) is 28.4 Å². The maximum Gasteiger partial charge on any atom is 0.324 e. The molecule has 5 amide bonds. The predicted octanol–water partition coefficient (Wildman–Crippen LogP) is 6.48. The van der Waals surface area contributed by atoms with Crippen molar-refractivity contribution in [2.45, 2.75) is 111 Å². The molecule has 1 aromatic carbocycles. The number of nitrogens with zero attached hydrogens (tertiary/aromatic N) is 9. The molecule has 0 saturated carbocycles. The molecule has 1 spiro atoms. The molecule has 18 nitrogen and oxygen atoms in total. The molecule has 0 aliphatic carbocycles. The fourth-order valence-electron chi connectivity index (χ4n) is 12.0. The van der Waals surface area contributed by atoms with Crippen LogP contribution in [0.3, 0.4) is 0 Å². The summed E-state index contributed by atoms with van der Waals surface area (Å²) in [4.78, 5) is 90.2. The van der Waals surface area contributed by atoms with E-state index in [0.717, 1.165) is 76.5 Å². The quantitative estimate of drug-likeness (QED) is 0.124. The number of piperazine rings is 1. The zero-order chi connectivity index (χ0) is 54.9. The summed E-state index contributed by atoms with van der Waals surface area (Å²) in [5.74, 6) is -1.89. The molecule has 5 aliphatic heterocycles. The van der Waals surface area contributed by atoms with Crippen LogP contribution in [0.5, 0.6) is 0 Å². The van der Waals surface area contributed by atoms with E-state index < -0.39 is 48.0 Å². The van der Waals surface area contributed by atoms with E-state index in [1.165, 1.54) is 33.4 Å². The van der Waals surface area contributed by atoms with Gasteiger partial charge >= 0.3 is 12.0 Å². The van der Waals surface area contributed by atoms with Crippen molar-refractivity contribution in [2.75, 3.05) is 98.3 Å². The average Bonchev–Trinajstić information content (AvgIpc) is 4.03. The molecule has 416 valence electrons. The van der Waals surface area contributed by atoms with Crippen LogP contribution in [-0.4, -0.2) is 180 Å². The van der Waals surface area contributed by atoms with E-state index in [0.29, 0.717) is 76.4 Å². The average molecular weight is 1080 g/mol. The number of fused-ring (bicyclic) bond motifs is 6. The number of aromatic nitrogens is 3. The van der Waals surface area contributed by atoms with Crippen LogP contribution in [0.25, 0.3) is 33.4 Å². The minimum absolute atomic E-state index is 0.0669. The molecule has 3 aromatic heterocycles. The van der Waals surface area contributed by atoms with E-state index >= 15 is 0 Å². The minimum Gasteiger partial charge on any atom is -0.464 e. The fraction of sp³-hybridized carbons (Fsp3) is 0.596. The summed E-state index contributed by atoms with van der Waals surface area (Å²) in [6.07, 6.45) is 7.17. The molecule has 0 radical (unpaired) electrons. The second-order valence-electron chi connectivity index (χ2n) is 23.1. The Morgan fingerprint density at radius 1 is 1.04 bits per heavy atom. The number of hydrogen-bond acceptors (Lipinski definition) is 13. The number of hydrazine groups is 1. The summed E-state index contributed by atoms with van der Waals surface area (Å²) < 4.78 is 27.2. The number of methoxy groups -OCH3 is 1. The molecule has 8 heterocycles. The smallest absolute Gasteiger partial charge is 0.324 e. The number of anilines is 1. The van der Waals surface area contributed by atoms with Crippen LogP contribution in [0.2, 0.25) is 0 Å². The Kier molecular flexibility index (Phi) is 16.8. The van der Waals surface area contributed by atoms with E-state index in [-0.39, 0.29) is 42.4 Å². The normalized spacial score (nSPS) is 22.0. The minimum atomic E-state index is -1.10. The Balaban J connectivity index is 1.03. The first kappa shape index (κ1) is 55.8. The number of esters is 1. The topological polar surface area (TPSA) is 178 Å². The number of alkyl halides is 1. The van der Waals surface area contributed by atoms with Gasteiger partial charge in [-0.2, -0.15) is 0 Å². The highest BCUT2D eigenvalue weighted by Crippen LogP contribution is 2.44. The van der Waals surface area contributed by atoms with Gasteiger partial charge in [-0.1, -0.05) is 33.8 Å². The molecular formula is C57H78FN11O7S. The van der Waals surface area contributed by atoms with Crippen molar-refractivity contribution < 1.29 is 37.8 Å². The van der Waals surface area contributed by atoms with Crippen molar-refractivity contribution in [1.82, 2.24) is 49.9 Å². The van der Waals surface area contributed by atoms with Gasteiger partial charge < -0.3 is 43.9 Å². The molecule has 4 atom stereocenters. The molecule has 2 N–H and O–H groups in total. The number of urea groups is 1. The first-order valence-corrected chi connectivity index (χ1v) is 28.3. The molecular weight excluding hydrogens is 1000 g/mol. The van der Waals surface area contributed by atoms with Crippen LogP contribution in [0.1, 0.15) is 89.6 Å². The highest BCUT2D eigenvalue weighted by atomic mass is 32.1. The summed E-state index contributed by atoms with van der Waals surface area (Å²) >= 11 is 1.41. The van der Waals surface area contributed by atoms with Crippen LogP contribution in [-0.2, 0) is 48.0 Å². The Morgan fingerprint density at radius 2 is 1.78 bits per heavy atom. The number of piperidine rings is 1. The number of aryl methyl sites for hydroxylation is 1. The van der Waals surface area contributed by atoms with Crippen molar-refractivity contribution in [3.63, 3.8) is 0 Å². The zero-order valence-electron chi connectivity index (χ0n) is 46.4. The number of rotatable bonds is 11. The van der Waals surface area contributed by atoms with Crippen molar-refractivity contribution in [1.29, 1.82) is 0 Å². The second kappa shape index (κ2) is 23.2. The van der Waals surface area contributed by atoms with Crippen molar-refractivity contribution in [2.24, 2.45) is 16.7 Å². The van der Waals surface area contributed by atoms with Gasteiger partial charge in [0.05, 0.1) is 46.7 Å².